The van der Waals surface area contributed by atoms with Crippen molar-refractivity contribution in [2.24, 2.45) is 4.99 Å². The van der Waals surface area contributed by atoms with Crippen LogP contribution < -0.4 is 0 Å². The molecule has 3 aromatic rings. The van der Waals surface area contributed by atoms with Crippen molar-refractivity contribution in [3.8, 4) is 0 Å². The van der Waals surface area contributed by atoms with Gasteiger partial charge in [-0.3, -0.25) is 14.7 Å². The number of benzene rings is 2. The van der Waals surface area contributed by atoms with Gasteiger partial charge in [0, 0.05) is 42.3 Å². The van der Waals surface area contributed by atoms with Crippen molar-refractivity contribution >= 4 is 39.8 Å². The van der Waals surface area contributed by atoms with Gasteiger partial charge in [0.25, 0.3) is 5.91 Å². The number of rotatable bonds is 3. The van der Waals surface area contributed by atoms with Crippen LogP contribution in [0.4, 0.5) is 4.39 Å². The third-order valence-electron chi connectivity index (χ3n) is 4.60. The Kier molecular flexibility index (Phi) is 4.58. The first-order chi connectivity index (χ1) is 13.1. The van der Waals surface area contributed by atoms with Gasteiger partial charge in [-0.1, -0.05) is 36.4 Å². The zero-order chi connectivity index (χ0) is 19.0. The molecule has 1 aliphatic rings. The number of fused-ring (bicyclic) bond motifs is 1. The van der Waals surface area contributed by atoms with Crippen LogP contribution in [-0.4, -0.2) is 34.6 Å². The van der Waals surface area contributed by atoms with Gasteiger partial charge in [-0.15, -0.1) is 0 Å². The maximum absolute atomic E-state index is 14.1. The SMILES string of the molecule is CN=C1S/C(=C/c2cn(Cc3ccccc3F)c3ccccc23)C(=O)N1C. The Bertz CT molecular complexity index is 1100. The Morgan fingerprint density at radius 1 is 1.15 bits per heavy atom. The molecule has 136 valence electrons. The van der Waals surface area contributed by atoms with Crippen LogP contribution in [0.2, 0.25) is 0 Å². The van der Waals surface area contributed by atoms with Crippen LogP contribution in [0.5, 0.6) is 0 Å². The molecule has 4 rings (SSSR count). The molecule has 0 aliphatic carbocycles. The van der Waals surface area contributed by atoms with E-state index in [2.05, 4.69) is 4.99 Å². The van der Waals surface area contributed by atoms with Crippen LogP contribution in [0.3, 0.4) is 0 Å². The Morgan fingerprint density at radius 2 is 1.89 bits per heavy atom. The molecule has 1 amide bonds. The molecule has 1 aromatic heterocycles. The summed E-state index contributed by atoms with van der Waals surface area (Å²) >= 11 is 1.36. The molecular formula is C21H18FN3OS. The van der Waals surface area contributed by atoms with Crippen molar-refractivity contribution in [3.63, 3.8) is 0 Å². The summed E-state index contributed by atoms with van der Waals surface area (Å²) in [6.45, 7) is 0.430. The minimum absolute atomic E-state index is 0.0634. The number of para-hydroxylation sites is 1. The monoisotopic (exact) mass is 379 g/mol. The number of carbonyl (C=O) groups excluding carboxylic acids is 1. The minimum atomic E-state index is -0.220. The second-order valence-electron chi connectivity index (χ2n) is 6.30. The van der Waals surface area contributed by atoms with E-state index in [0.717, 1.165) is 16.5 Å². The number of likely N-dealkylation sites (N-methyl/N-ethyl adjacent to an activating group) is 1. The van der Waals surface area contributed by atoms with Crippen molar-refractivity contribution in [2.45, 2.75) is 6.54 Å². The molecule has 4 nitrogen and oxygen atoms in total. The second-order valence-corrected chi connectivity index (χ2v) is 7.31. The summed E-state index contributed by atoms with van der Waals surface area (Å²) in [5, 5.41) is 1.71. The van der Waals surface area contributed by atoms with Crippen LogP contribution in [0.1, 0.15) is 11.1 Å². The van der Waals surface area contributed by atoms with Crippen molar-refractivity contribution in [1.29, 1.82) is 0 Å². The van der Waals surface area contributed by atoms with Crippen LogP contribution in [0.15, 0.2) is 64.6 Å². The van der Waals surface area contributed by atoms with E-state index in [0.29, 0.717) is 22.2 Å². The maximum Gasteiger partial charge on any atom is 0.266 e. The molecular weight excluding hydrogens is 361 g/mol. The summed E-state index contributed by atoms with van der Waals surface area (Å²) in [4.78, 5) is 18.8. The molecule has 6 heteroatoms. The molecule has 0 radical (unpaired) electrons. The number of nitrogens with zero attached hydrogens (tertiary/aromatic N) is 3. The normalized spacial score (nSPS) is 17.6. The van der Waals surface area contributed by atoms with E-state index in [4.69, 9.17) is 0 Å². The van der Waals surface area contributed by atoms with E-state index in [9.17, 15) is 9.18 Å². The molecule has 1 aliphatic heterocycles. The lowest BCUT2D eigenvalue weighted by atomic mass is 10.1. The van der Waals surface area contributed by atoms with Crippen LogP contribution in [0, 0.1) is 5.82 Å². The van der Waals surface area contributed by atoms with Crippen LogP contribution in [0.25, 0.3) is 17.0 Å². The second kappa shape index (κ2) is 7.04. The first kappa shape index (κ1) is 17.5. The standard InChI is InChI=1S/C21H18FN3OS/c1-23-21-24(2)20(26)19(27-21)11-15-13-25(18-10-6-4-8-16(15)18)12-14-7-3-5-9-17(14)22/h3-11,13H,12H2,1-2H3/b19-11+,23-21?. The zero-order valence-electron chi connectivity index (χ0n) is 15.0. The lowest BCUT2D eigenvalue weighted by Crippen LogP contribution is -2.23. The third-order valence-corrected chi connectivity index (χ3v) is 5.75. The number of halogens is 1. The number of aliphatic imine (C=N–C) groups is 1. The quantitative estimate of drug-likeness (QED) is 0.634. The van der Waals surface area contributed by atoms with Crippen molar-refractivity contribution in [3.05, 3.63) is 76.6 Å². The largest absolute Gasteiger partial charge is 0.342 e. The molecule has 0 unspecified atom stereocenters. The van der Waals surface area contributed by atoms with E-state index in [1.54, 1.807) is 31.1 Å². The molecule has 1 saturated heterocycles. The highest BCUT2D eigenvalue weighted by atomic mass is 32.2. The number of amides is 1. The molecule has 0 saturated carbocycles. The van der Waals surface area contributed by atoms with E-state index in [-0.39, 0.29) is 11.7 Å². The lowest BCUT2D eigenvalue weighted by molar-refractivity contribution is -0.121. The summed E-state index contributed by atoms with van der Waals surface area (Å²) in [6, 6.07) is 14.7. The van der Waals surface area contributed by atoms with Gasteiger partial charge < -0.3 is 4.57 Å². The number of amidine groups is 1. The van der Waals surface area contributed by atoms with E-state index in [1.807, 2.05) is 47.2 Å². The van der Waals surface area contributed by atoms with Crippen molar-refractivity contribution in [2.75, 3.05) is 14.1 Å². The predicted molar refractivity (Wildman–Crippen MR) is 109 cm³/mol. The lowest BCUT2D eigenvalue weighted by Gasteiger charge is -2.06. The number of hydrogen-bond acceptors (Lipinski definition) is 3. The van der Waals surface area contributed by atoms with Gasteiger partial charge in [0.2, 0.25) is 0 Å². The first-order valence-corrected chi connectivity index (χ1v) is 9.36. The Labute approximate surface area is 161 Å². The minimum Gasteiger partial charge on any atom is -0.342 e. The fourth-order valence-electron chi connectivity index (χ4n) is 3.22. The highest BCUT2D eigenvalue weighted by molar-refractivity contribution is 8.18. The summed E-state index contributed by atoms with van der Waals surface area (Å²) in [7, 11) is 3.40. The van der Waals surface area contributed by atoms with Crippen LogP contribution in [-0.2, 0) is 11.3 Å². The number of thioether (sulfide) groups is 1. The van der Waals surface area contributed by atoms with E-state index >= 15 is 0 Å². The fourth-order valence-corrected chi connectivity index (χ4v) is 4.14. The molecule has 0 atom stereocenters. The first-order valence-electron chi connectivity index (χ1n) is 8.54. The van der Waals surface area contributed by atoms with Gasteiger partial charge in [0.1, 0.15) is 5.82 Å². The average molecular weight is 379 g/mol. The highest BCUT2D eigenvalue weighted by Gasteiger charge is 2.30. The maximum atomic E-state index is 14.1. The molecule has 2 aromatic carbocycles. The highest BCUT2D eigenvalue weighted by Crippen LogP contribution is 2.33. The summed E-state index contributed by atoms with van der Waals surface area (Å²) < 4.78 is 16.1. The van der Waals surface area contributed by atoms with Crippen LogP contribution >= 0.6 is 11.8 Å². The fraction of sp³-hybridized carbons (Fsp3) is 0.143. The van der Waals surface area contributed by atoms with Gasteiger partial charge in [-0.05, 0) is 30.0 Å². The molecule has 0 N–H and O–H groups in total. The smallest absolute Gasteiger partial charge is 0.266 e. The van der Waals surface area contributed by atoms with Crippen molar-refractivity contribution < 1.29 is 9.18 Å². The number of hydrogen-bond donors (Lipinski definition) is 0. The Hall–Kier alpha value is -2.86. The van der Waals surface area contributed by atoms with E-state index in [1.165, 1.54) is 17.8 Å². The van der Waals surface area contributed by atoms with Gasteiger partial charge in [0.15, 0.2) is 5.17 Å². The van der Waals surface area contributed by atoms with Gasteiger partial charge in [-0.25, -0.2) is 4.39 Å². The summed E-state index contributed by atoms with van der Waals surface area (Å²) in [5.41, 5.74) is 2.56. The van der Waals surface area contributed by atoms with Gasteiger partial charge in [-0.2, -0.15) is 0 Å². The van der Waals surface area contributed by atoms with Gasteiger partial charge in [0.05, 0.1) is 11.4 Å². The topological polar surface area (TPSA) is 37.6 Å². The average Bonchev–Trinajstić information content (AvgIpc) is 3.16. The van der Waals surface area contributed by atoms with Crippen molar-refractivity contribution in [1.82, 2.24) is 9.47 Å². The molecule has 1 fully saturated rings. The van der Waals surface area contributed by atoms with Gasteiger partial charge >= 0.3 is 0 Å². The third kappa shape index (κ3) is 3.17. The molecule has 0 spiro atoms. The Morgan fingerprint density at radius 3 is 2.63 bits per heavy atom. The zero-order valence-corrected chi connectivity index (χ0v) is 15.8. The number of aromatic nitrogens is 1. The molecule has 0 bridgehead atoms. The predicted octanol–water partition coefficient (Wildman–Crippen LogP) is 4.36. The Balaban J connectivity index is 1.78. The molecule has 2 heterocycles. The summed E-state index contributed by atoms with van der Waals surface area (Å²) in [6.07, 6.45) is 3.86. The number of carbonyl (C=O) groups is 1. The molecule has 27 heavy (non-hydrogen) atoms. The van der Waals surface area contributed by atoms with E-state index < -0.39 is 0 Å². The summed E-state index contributed by atoms with van der Waals surface area (Å²) in [5.74, 6) is -0.284.